The molecule has 0 spiro atoms. The van der Waals surface area contributed by atoms with Gasteiger partial charge in [0.15, 0.2) is 0 Å². The minimum atomic E-state index is -0.502. The van der Waals surface area contributed by atoms with E-state index < -0.39 is 6.10 Å². The second-order valence-corrected chi connectivity index (χ2v) is 6.33. The molecule has 1 N–H and O–H groups in total. The Labute approximate surface area is 128 Å². The molecule has 0 aliphatic carbocycles. The highest BCUT2D eigenvalue weighted by Gasteiger charge is 2.29. The Hall–Kier alpha value is -0.840. The highest BCUT2D eigenvalue weighted by molar-refractivity contribution is 9.10. The van der Waals surface area contributed by atoms with E-state index in [2.05, 4.69) is 31.9 Å². The average molecular weight is 384 g/mol. The molecule has 19 heavy (non-hydrogen) atoms. The van der Waals surface area contributed by atoms with Crippen molar-refractivity contribution in [3.05, 3.63) is 62.5 Å². The van der Waals surface area contributed by atoms with Gasteiger partial charge in [-0.05, 0) is 24.3 Å². The van der Waals surface area contributed by atoms with Crippen LogP contribution in [0.3, 0.4) is 0 Å². The van der Waals surface area contributed by atoms with Gasteiger partial charge in [0, 0.05) is 26.5 Å². The van der Waals surface area contributed by atoms with E-state index in [9.17, 15) is 5.11 Å². The number of aliphatic hydroxyl groups excluding tert-OH is 1. The van der Waals surface area contributed by atoms with Crippen LogP contribution in [-0.4, -0.2) is 5.11 Å². The van der Waals surface area contributed by atoms with E-state index in [-0.39, 0.29) is 6.10 Å². The van der Waals surface area contributed by atoms with E-state index in [4.69, 9.17) is 4.74 Å². The van der Waals surface area contributed by atoms with Crippen molar-refractivity contribution < 1.29 is 9.84 Å². The van der Waals surface area contributed by atoms with Crippen LogP contribution >= 0.6 is 31.9 Å². The van der Waals surface area contributed by atoms with Gasteiger partial charge in [-0.15, -0.1) is 0 Å². The third-order valence-electron chi connectivity index (χ3n) is 3.29. The normalized spacial score (nSPS) is 21.6. The van der Waals surface area contributed by atoms with Crippen LogP contribution in [0.15, 0.2) is 51.4 Å². The molecule has 1 aliphatic heterocycles. The lowest BCUT2D eigenvalue weighted by molar-refractivity contribution is 0.0653. The molecule has 0 radical (unpaired) electrons. The van der Waals surface area contributed by atoms with Gasteiger partial charge < -0.3 is 9.84 Å². The summed E-state index contributed by atoms with van der Waals surface area (Å²) in [5.41, 5.74) is 1.91. The lowest BCUT2D eigenvalue weighted by atomic mass is 9.95. The van der Waals surface area contributed by atoms with Crippen LogP contribution in [0.5, 0.6) is 5.75 Å². The van der Waals surface area contributed by atoms with Crippen molar-refractivity contribution in [1.29, 1.82) is 0 Å². The molecule has 0 fully saturated rings. The molecule has 1 unspecified atom stereocenters. The smallest absolute Gasteiger partial charge is 0.128 e. The van der Waals surface area contributed by atoms with E-state index in [1.54, 1.807) is 0 Å². The first-order valence-corrected chi connectivity index (χ1v) is 7.62. The number of aliphatic hydroxyl groups is 1. The van der Waals surface area contributed by atoms with Crippen LogP contribution < -0.4 is 4.74 Å². The molecular formula is C15H12Br2O2. The van der Waals surface area contributed by atoms with Gasteiger partial charge in [0.2, 0.25) is 0 Å². The van der Waals surface area contributed by atoms with Gasteiger partial charge in [-0.2, -0.15) is 0 Å². The predicted octanol–water partition coefficient (Wildman–Crippen LogP) is 4.77. The lowest BCUT2D eigenvalue weighted by Gasteiger charge is -2.30. The van der Waals surface area contributed by atoms with Gasteiger partial charge >= 0.3 is 0 Å². The Bertz CT molecular complexity index is 613. The maximum absolute atomic E-state index is 10.3. The van der Waals surface area contributed by atoms with Crippen molar-refractivity contribution in [2.75, 3.05) is 0 Å². The summed E-state index contributed by atoms with van der Waals surface area (Å²) >= 11 is 6.95. The molecule has 4 heteroatoms. The summed E-state index contributed by atoms with van der Waals surface area (Å²) in [7, 11) is 0. The first-order chi connectivity index (χ1) is 9.15. The zero-order chi connectivity index (χ0) is 13.4. The first-order valence-electron chi connectivity index (χ1n) is 6.04. The standard InChI is InChI=1S/C15H12Br2O2/c16-9-5-6-14-11(7-9)13(18)8-15(19-14)10-3-1-2-4-12(10)17/h1-7,13,15,18H,8H2/t13-,15?/m1/s1. The molecule has 98 valence electrons. The van der Waals surface area contributed by atoms with E-state index in [0.29, 0.717) is 6.42 Å². The summed E-state index contributed by atoms with van der Waals surface area (Å²) in [5.74, 6) is 0.753. The summed E-state index contributed by atoms with van der Waals surface area (Å²) in [6, 6.07) is 13.7. The second-order valence-electron chi connectivity index (χ2n) is 4.56. The van der Waals surface area contributed by atoms with Crippen molar-refractivity contribution in [2.45, 2.75) is 18.6 Å². The van der Waals surface area contributed by atoms with Crippen molar-refractivity contribution >= 4 is 31.9 Å². The number of hydrogen-bond donors (Lipinski definition) is 1. The van der Waals surface area contributed by atoms with E-state index in [0.717, 1.165) is 25.8 Å². The second kappa shape index (κ2) is 5.27. The van der Waals surface area contributed by atoms with Gasteiger partial charge in [-0.25, -0.2) is 0 Å². The van der Waals surface area contributed by atoms with Gasteiger partial charge in [-0.1, -0.05) is 50.1 Å². The van der Waals surface area contributed by atoms with Crippen molar-refractivity contribution in [2.24, 2.45) is 0 Å². The average Bonchev–Trinajstić information content (AvgIpc) is 2.40. The topological polar surface area (TPSA) is 29.5 Å². The molecule has 3 rings (SSSR count). The van der Waals surface area contributed by atoms with Crippen molar-refractivity contribution in [3.63, 3.8) is 0 Å². The Morgan fingerprint density at radius 2 is 1.84 bits per heavy atom. The molecule has 1 heterocycles. The number of benzene rings is 2. The summed E-state index contributed by atoms with van der Waals surface area (Å²) < 4.78 is 7.97. The molecule has 2 aromatic rings. The highest BCUT2D eigenvalue weighted by Crippen LogP contribution is 2.43. The van der Waals surface area contributed by atoms with Gasteiger partial charge in [-0.3, -0.25) is 0 Å². The largest absolute Gasteiger partial charge is 0.485 e. The summed E-state index contributed by atoms with van der Waals surface area (Å²) in [6.45, 7) is 0. The Morgan fingerprint density at radius 3 is 2.63 bits per heavy atom. The highest BCUT2D eigenvalue weighted by atomic mass is 79.9. The monoisotopic (exact) mass is 382 g/mol. The molecule has 0 amide bonds. The van der Waals surface area contributed by atoms with E-state index >= 15 is 0 Å². The molecule has 2 aromatic carbocycles. The van der Waals surface area contributed by atoms with Crippen LogP contribution in [0, 0.1) is 0 Å². The fourth-order valence-electron chi connectivity index (χ4n) is 2.34. The van der Waals surface area contributed by atoms with Crippen LogP contribution in [-0.2, 0) is 0 Å². The molecular weight excluding hydrogens is 372 g/mol. The molecule has 2 atom stereocenters. The zero-order valence-electron chi connectivity index (χ0n) is 10.0. The van der Waals surface area contributed by atoms with Gasteiger partial charge in [0.05, 0.1) is 6.10 Å². The van der Waals surface area contributed by atoms with Crippen LogP contribution in [0.4, 0.5) is 0 Å². The van der Waals surface area contributed by atoms with Gasteiger partial charge in [0.25, 0.3) is 0 Å². The molecule has 0 saturated carbocycles. The fraction of sp³-hybridized carbons (Fsp3) is 0.200. The third-order valence-corrected chi connectivity index (χ3v) is 4.50. The molecule has 1 aliphatic rings. The Balaban J connectivity index is 1.97. The number of halogens is 2. The third kappa shape index (κ3) is 2.57. The zero-order valence-corrected chi connectivity index (χ0v) is 13.2. The maximum atomic E-state index is 10.3. The van der Waals surface area contributed by atoms with Crippen LogP contribution in [0.2, 0.25) is 0 Å². The fourth-order valence-corrected chi connectivity index (χ4v) is 3.26. The summed E-state index contributed by atoms with van der Waals surface area (Å²) in [6.07, 6.45) is -0.0656. The van der Waals surface area contributed by atoms with Crippen LogP contribution in [0.1, 0.15) is 29.8 Å². The number of fused-ring (bicyclic) bond motifs is 1. The first kappa shape index (κ1) is 13.2. The maximum Gasteiger partial charge on any atom is 0.128 e. The summed E-state index contributed by atoms with van der Waals surface area (Å²) in [5, 5.41) is 10.3. The molecule has 2 nitrogen and oxygen atoms in total. The van der Waals surface area contributed by atoms with E-state index in [1.165, 1.54) is 0 Å². The van der Waals surface area contributed by atoms with Gasteiger partial charge in [0.1, 0.15) is 11.9 Å². The summed E-state index contributed by atoms with van der Waals surface area (Å²) in [4.78, 5) is 0. The number of rotatable bonds is 1. The Morgan fingerprint density at radius 1 is 1.05 bits per heavy atom. The lowest BCUT2D eigenvalue weighted by Crippen LogP contribution is -2.19. The number of ether oxygens (including phenoxy) is 1. The number of hydrogen-bond acceptors (Lipinski definition) is 2. The molecule has 0 saturated heterocycles. The molecule has 0 bridgehead atoms. The molecule has 0 aromatic heterocycles. The quantitative estimate of drug-likeness (QED) is 0.768. The Kier molecular flexibility index (Phi) is 3.65. The minimum Gasteiger partial charge on any atom is -0.485 e. The van der Waals surface area contributed by atoms with Crippen molar-refractivity contribution in [3.8, 4) is 5.75 Å². The minimum absolute atomic E-state index is 0.126. The SMILES string of the molecule is O[C@@H]1CC(c2ccccc2Br)Oc2ccc(Br)cc21. The van der Waals surface area contributed by atoms with E-state index in [1.807, 2.05) is 42.5 Å². The van der Waals surface area contributed by atoms with Crippen molar-refractivity contribution in [1.82, 2.24) is 0 Å². The predicted molar refractivity (Wildman–Crippen MR) is 81.2 cm³/mol. The van der Waals surface area contributed by atoms with Crippen LogP contribution in [0.25, 0.3) is 0 Å².